The Morgan fingerprint density at radius 1 is 1.47 bits per heavy atom. The van der Waals surface area contributed by atoms with Gasteiger partial charge in [0.05, 0.1) is 17.9 Å². The fourth-order valence-corrected chi connectivity index (χ4v) is 1.67. The van der Waals surface area contributed by atoms with Crippen LogP contribution in [-0.2, 0) is 9.59 Å². The number of carbonyl (C=O) groups excluding carboxylic acids is 2. The molecule has 0 aromatic carbocycles. The van der Waals surface area contributed by atoms with E-state index in [4.69, 9.17) is 0 Å². The number of ketones is 1. The Bertz CT molecular complexity index is 526. The lowest BCUT2D eigenvalue weighted by atomic mass is 10.2. The quantitative estimate of drug-likeness (QED) is 0.425. The first kappa shape index (κ1) is 11.2. The van der Waals surface area contributed by atoms with Crippen LogP contribution in [0.4, 0.5) is 11.5 Å². The second-order valence-electron chi connectivity index (χ2n) is 3.81. The molecule has 1 fully saturated rings. The van der Waals surface area contributed by atoms with E-state index in [-0.39, 0.29) is 30.3 Å². The van der Waals surface area contributed by atoms with Crippen LogP contribution in [0.1, 0.15) is 12.0 Å². The van der Waals surface area contributed by atoms with E-state index in [1.165, 1.54) is 12.3 Å². The molecule has 1 aliphatic heterocycles. The molecule has 88 valence electrons. The van der Waals surface area contributed by atoms with Crippen LogP contribution in [0.5, 0.6) is 0 Å². The number of carbonyl (C=O) groups is 2. The maximum Gasteiger partial charge on any atom is 0.312 e. The van der Waals surface area contributed by atoms with Crippen molar-refractivity contribution in [3.63, 3.8) is 0 Å². The van der Waals surface area contributed by atoms with Crippen molar-refractivity contribution in [3.05, 3.63) is 27.9 Å². The first-order valence-corrected chi connectivity index (χ1v) is 4.92. The second-order valence-corrected chi connectivity index (χ2v) is 3.81. The number of amides is 1. The Morgan fingerprint density at radius 3 is 2.71 bits per heavy atom. The van der Waals surface area contributed by atoms with Crippen molar-refractivity contribution in [3.8, 4) is 0 Å². The zero-order chi connectivity index (χ0) is 12.6. The summed E-state index contributed by atoms with van der Waals surface area (Å²) < 4.78 is 0. The van der Waals surface area contributed by atoms with Gasteiger partial charge in [-0.25, -0.2) is 4.98 Å². The molecule has 0 atom stereocenters. The summed E-state index contributed by atoms with van der Waals surface area (Å²) in [7, 11) is 0. The minimum Gasteiger partial charge on any atom is -0.297 e. The molecule has 0 unspecified atom stereocenters. The number of anilines is 1. The van der Waals surface area contributed by atoms with E-state index in [1.807, 2.05) is 0 Å². The van der Waals surface area contributed by atoms with Crippen molar-refractivity contribution < 1.29 is 14.5 Å². The van der Waals surface area contributed by atoms with Gasteiger partial charge in [-0.2, -0.15) is 0 Å². The van der Waals surface area contributed by atoms with Crippen LogP contribution in [0, 0.1) is 17.0 Å². The fraction of sp³-hybridized carbons (Fsp3) is 0.300. The van der Waals surface area contributed by atoms with E-state index >= 15 is 0 Å². The maximum atomic E-state index is 11.5. The maximum absolute atomic E-state index is 11.5. The third-order valence-corrected chi connectivity index (χ3v) is 2.42. The van der Waals surface area contributed by atoms with Gasteiger partial charge in [-0.1, -0.05) is 0 Å². The zero-order valence-electron chi connectivity index (χ0n) is 9.04. The number of rotatable bonds is 2. The van der Waals surface area contributed by atoms with Crippen molar-refractivity contribution in [1.29, 1.82) is 0 Å². The Labute approximate surface area is 96.2 Å². The molecule has 0 saturated carbocycles. The summed E-state index contributed by atoms with van der Waals surface area (Å²) >= 11 is 0. The molecule has 0 spiro atoms. The van der Waals surface area contributed by atoms with Gasteiger partial charge in [-0.05, 0) is 12.5 Å². The highest BCUT2D eigenvalue weighted by atomic mass is 16.6. The molecule has 0 aliphatic carbocycles. The van der Waals surface area contributed by atoms with E-state index in [9.17, 15) is 19.7 Å². The molecule has 7 heteroatoms. The molecule has 17 heavy (non-hydrogen) atoms. The predicted octanol–water partition coefficient (Wildman–Crippen LogP) is 0.604. The highest BCUT2D eigenvalue weighted by Crippen LogP contribution is 2.28. The van der Waals surface area contributed by atoms with Crippen molar-refractivity contribution in [2.24, 2.45) is 0 Å². The topological polar surface area (TPSA) is 93.4 Å². The molecule has 1 aliphatic rings. The molecule has 0 radical (unpaired) electrons. The third kappa shape index (κ3) is 1.99. The Morgan fingerprint density at radius 2 is 2.18 bits per heavy atom. The highest BCUT2D eigenvalue weighted by Gasteiger charge is 2.34. The van der Waals surface area contributed by atoms with Crippen molar-refractivity contribution in [1.82, 2.24) is 4.98 Å². The van der Waals surface area contributed by atoms with E-state index in [1.54, 1.807) is 6.92 Å². The summed E-state index contributed by atoms with van der Waals surface area (Å²) in [5.41, 5.74) is 0.367. The van der Waals surface area contributed by atoms with Gasteiger partial charge >= 0.3 is 5.69 Å². The molecule has 2 heterocycles. The number of hydrogen-bond donors (Lipinski definition) is 0. The van der Waals surface area contributed by atoms with Gasteiger partial charge < -0.3 is 0 Å². The standard InChI is InChI=1S/C10H9N3O4/c1-6-2-8(13(16)17)10(11-4-6)12-5-7(14)3-9(12)15/h2,4H,3,5H2,1H3. The van der Waals surface area contributed by atoms with E-state index < -0.39 is 10.8 Å². The molecule has 2 rings (SSSR count). The summed E-state index contributed by atoms with van der Waals surface area (Å²) in [6.45, 7) is 1.52. The van der Waals surface area contributed by atoms with E-state index in [0.717, 1.165) is 4.90 Å². The van der Waals surface area contributed by atoms with Crippen molar-refractivity contribution in [2.45, 2.75) is 13.3 Å². The number of pyridine rings is 1. The Hall–Kier alpha value is -2.31. The van der Waals surface area contributed by atoms with Gasteiger partial charge in [-0.15, -0.1) is 0 Å². The van der Waals surface area contributed by atoms with Crippen molar-refractivity contribution in [2.75, 3.05) is 11.4 Å². The molecular weight excluding hydrogens is 226 g/mol. The first-order valence-electron chi connectivity index (χ1n) is 4.92. The summed E-state index contributed by atoms with van der Waals surface area (Å²) in [6.07, 6.45) is 1.21. The molecule has 1 amide bonds. The minimum atomic E-state index is -0.606. The van der Waals surface area contributed by atoms with Crippen LogP contribution in [0.3, 0.4) is 0 Å². The van der Waals surface area contributed by atoms with Gasteiger partial charge in [0.1, 0.15) is 0 Å². The molecule has 7 nitrogen and oxygen atoms in total. The lowest BCUT2D eigenvalue weighted by molar-refractivity contribution is -0.384. The average molecular weight is 235 g/mol. The number of nitro groups is 1. The number of Topliss-reactive ketones (excluding diaryl/α,β-unsaturated/α-hetero) is 1. The summed E-state index contributed by atoms with van der Waals surface area (Å²) in [4.78, 5) is 37.8. The van der Waals surface area contributed by atoms with Gasteiger partial charge in [0, 0.05) is 12.3 Å². The second kappa shape index (κ2) is 3.93. The van der Waals surface area contributed by atoms with Gasteiger partial charge in [0.15, 0.2) is 5.78 Å². The molecule has 0 bridgehead atoms. The normalized spacial score (nSPS) is 15.5. The number of aryl methyl sites for hydroxylation is 1. The highest BCUT2D eigenvalue weighted by molar-refractivity contribution is 6.15. The van der Waals surface area contributed by atoms with E-state index in [2.05, 4.69) is 4.98 Å². The van der Waals surface area contributed by atoms with Crippen LogP contribution in [0.2, 0.25) is 0 Å². The molecule has 0 N–H and O–H groups in total. The summed E-state index contributed by atoms with van der Waals surface area (Å²) in [5.74, 6) is -0.766. The SMILES string of the molecule is Cc1cnc(N2CC(=O)CC2=O)c([N+](=O)[O-])c1. The Balaban J connectivity index is 2.48. The number of nitrogens with zero attached hydrogens (tertiary/aromatic N) is 3. The van der Waals surface area contributed by atoms with Crippen LogP contribution in [0.25, 0.3) is 0 Å². The van der Waals surface area contributed by atoms with Crippen LogP contribution >= 0.6 is 0 Å². The lowest BCUT2D eigenvalue weighted by Crippen LogP contribution is -2.26. The van der Waals surface area contributed by atoms with Gasteiger partial charge in [0.25, 0.3) is 0 Å². The summed E-state index contributed by atoms with van der Waals surface area (Å²) in [6, 6.07) is 1.33. The van der Waals surface area contributed by atoms with Crippen LogP contribution in [-0.4, -0.2) is 28.1 Å². The predicted molar refractivity (Wildman–Crippen MR) is 57.6 cm³/mol. The van der Waals surface area contributed by atoms with Crippen LogP contribution in [0.15, 0.2) is 12.3 Å². The molecule has 1 saturated heterocycles. The Kier molecular flexibility index (Phi) is 2.58. The van der Waals surface area contributed by atoms with Gasteiger partial charge in [0.2, 0.25) is 11.7 Å². The third-order valence-electron chi connectivity index (χ3n) is 2.42. The average Bonchev–Trinajstić information content (AvgIpc) is 2.57. The van der Waals surface area contributed by atoms with Crippen LogP contribution < -0.4 is 4.90 Å². The largest absolute Gasteiger partial charge is 0.312 e. The number of aromatic nitrogens is 1. The minimum absolute atomic E-state index is 0.0588. The monoisotopic (exact) mass is 235 g/mol. The molecule has 1 aromatic heterocycles. The first-order chi connectivity index (χ1) is 7.99. The molecule has 1 aromatic rings. The van der Waals surface area contributed by atoms with Crippen molar-refractivity contribution >= 4 is 23.2 Å². The van der Waals surface area contributed by atoms with E-state index in [0.29, 0.717) is 5.56 Å². The molecular formula is C10H9N3O4. The zero-order valence-corrected chi connectivity index (χ0v) is 9.04. The number of hydrogen-bond acceptors (Lipinski definition) is 5. The smallest absolute Gasteiger partial charge is 0.297 e. The van der Waals surface area contributed by atoms with Gasteiger partial charge in [-0.3, -0.25) is 24.6 Å². The fourth-order valence-electron chi connectivity index (χ4n) is 1.67. The summed E-state index contributed by atoms with van der Waals surface area (Å²) in [5, 5.41) is 10.9. The lowest BCUT2D eigenvalue weighted by Gasteiger charge is -2.13.